The van der Waals surface area contributed by atoms with Gasteiger partial charge in [-0.05, 0) is 42.3 Å². The number of para-hydroxylation sites is 1. The number of aryl methyl sites for hydroxylation is 1. The van der Waals surface area contributed by atoms with Crippen molar-refractivity contribution in [2.24, 2.45) is 0 Å². The third-order valence-electron chi connectivity index (χ3n) is 3.74. The van der Waals surface area contributed by atoms with Gasteiger partial charge in [-0.2, -0.15) is 0 Å². The summed E-state index contributed by atoms with van der Waals surface area (Å²) in [5.74, 6) is -1.16. The van der Waals surface area contributed by atoms with Crippen molar-refractivity contribution in [3.63, 3.8) is 0 Å². The van der Waals surface area contributed by atoms with Crippen LogP contribution < -0.4 is 10.0 Å². The molecule has 8 heteroatoms. The van der Waals surface area contributed by atoms with Gasteiger partial charge in [-0.3, -0.25) is 4.79 Å². The number of amides is 1. The van der Waals surface area contributed by atoms with Crippen molar-refractivity contribution in [2.75, 3.05) is 18.5 Å². The molecule has 0 radical (unpaired) electrons. The normalized spacial score (nSPS) is 11.0. The first-order valence-corrected chi connectivity index (χ1v) is 10.00. The fourth-order valence-electron chi connectivity index (χ4n) is 2.39. The highest BCUT2D eigenvalue weighted by molar-refractivity contribution is 7.89. The van der Waals surface area contributed by atoms with Crippen LogP contribution in [0.1, 0.15) is 29.8 Å². The van der Waals surface area contributed by atoms with E-state index in [9.17, 15) is 18.0 Å². The molecule has 27 heavy (non-hydrogen) atoms. The lowest BCUT2D eigenvalue weighted by Gasteiger charge is -2.10. The SMILES string of the molecule is CCNS(=O)(=O)c1ccc(C(=O)OCC(=O)Nc2ccccc2CC)cc1. The van der Waals surface area contributed by atoms with E-state index in [-0.39, 0.29) is 17.0 Å². The highest BCUT2D eigenvalue weighted by Crippen LogP contribution is 2.15. The van der Waals surface area contributed by atoms with Gasteiger partial charge in [0.05, 0.1) is 10.5 Å². The highest BCUT2D eigenvalue weighted by atomic mass is 32.2. The second-order valence-corrected chi connectivity index (χ2v) is 7.43. The Hall–Kier alpha value is -2.71. The van der Waals surface area contributed by atoms with Crippen LogP contribution in [0.4, 0.5) is 5.69 Å². The fraction of sp³-hybridized carbons (Fsp3) is 0.263. The Bertz CT molecular complexity index is 908. The lowest BCUT2D eigenvalue weighted by atomic mass is 10.1. The van der Waals surface area contributed by atoms with Crippen molar-refractivity contribution in [3.8, 4) is 0 Å². The molecular weight excluding hydrogens is 368 g/mol. The Labute approximate surface area is 158 Å². The van der Waals surface area contributed by atoms with Crippen LogP contribution in [0.15, 0.2) is 53.4 Å². The number of carbonyl (C=O) groups excluding carboxylic acids is 2. The summed E-state index contributed by atoms with van der Waals surface area (Å²) in [6, 6.07) is 12.7. The van der Waals surface area contributed by atoms with Crippen molar-refractivity contribution in [1.29, 1.82) is 0 Å². The molecule has 0 aliphatic heterocycles. The van der Waals surface area contributed by atoms with Crippen LogP contribution in [0.3, 0.4) is 0 Å². The first-order valence-electron chi connectivity index (χ1n) is 8.52. The molecule has 0 heterocycles. The summed E-state index contributed by atoms with van der Waals surface area (Å²) in [5.41, 5.74) is 1.82. The molecule has 0 fully saturated rings. The average molecular weight is 390 g/mol. The molecule has 0 spiro atoms. The van der Waals surface area contributed by atoms with Crippen molar-refractivity contribution < 1.29 is 22.7 Å². The van der Waals surface area contributed by atoms with E-state index in [1.54, 1.807) is 13.0 Å². The fourth-order valence-corrected chi connectivity index (χ4v) is 3.44. The summed E-state index contributed by atoms with van der Waals surface area (Å²) in [7, 11) is -3.59. The minimum absolute atomic E-state index is 0.0508. The molecule has 2 rings (SSSR count). The van der Waals surface area contributed by atoms with E-state index < -0.39 is 28.5 Å². The second kappa shape index (κ2) is 9.29. The molecule has 0 saturated heterocycles. The largest absolute Gasteiger partial charge is 0.452 e. The lowest BCUT2D eigenvalue weighted by Crippen LogP contribution is -2.23. The summed E-state index contributed by atoms with van der Waals surface area (Å²) in [5, 5.41) is 2.71. The van der Waals surface area contributed by atoms with Gasteiger partial charge in [0.25, 0.3) is 5.91 Å². The molecule has 2 aromatic carbocycles. The number of anilines is 1. The van der Waals surface area contributed by atoms with E-state index in [4.69, 9.17) is 4.74 Å². The van der Waals surface area contributed by atoms with Crippen LogP contribution in [0.5, 0.6) is 0 Å². The van der Waals surface area contributed by atoms with E-state index in [2.05, 4.69) is 10.0 Å². The van der Waals surface area contributed by atoms with Gasteiger partial charge in [0, 0.05) is 12.2 Å². The number of ether oxygens (including phenoxy) is 1. The van der Waals surface area contributed by atoms with Crippen LogP contribution in [0.2, 0.25) is 0 Å². The van der Waals surface area contributed by atoms with Gasteiger partial charge >= 0.3 is 5.97 Å². The third-order valence-corrected chi connectivity index (χ3v) is 5.30. The summed E-state index contributed by atoms with van der Waals surface area (Å²) >= 11 is 0. The average Bonchev–Trinajstić information content (AvgIpc) is 2.66. The summed E-state index contributed by atoms with van der Waals surface area (Å²) in [6.45, 7) is 3.48. The standard InChI is InChI=1S/C19H22N2O5S/c1-3-14-7-5-6-8-17(14)21-18(22)13-26-19(23)15-9-11-16(12-10-15)27(24,25)20-4-2/h5-12,20H,3-4,13H2,1-2H3,(H,21,22). The minimum atomic E-state index is -3.59. The third kappa shape index (κ3) is 5.63. The zero-order chi connectivity index (χ0) is 19.9. The summed E-state index contributed by atoms with van der Waals surface area (Å²) < 4.78 is 31.1. The molecule has 1 amide bonds. The smallest absolute Gasteiger partial charge is 0.338 e. The van der Waals surface area contributed by atoms with E-state index in [0.717, 1.165) is 12.0 Å². The Kier molecular flexibility index (Phi) is 7.09. The quantitative estimate of drug-likeness (QED) is 0.674. The zero-order valence-corrected chi connectivity index (χ0v) is 16.0. The zero-order valence-electron chi connectivity index (χ0n) is 15.2. The number of carbonyl (C=O) groups is 2. The first kappa shape index (κ1) is 20.6. The molecule has 2 aromatic rings. The van der Waals surface area contributed by atoms with Crippen molar-refractivity contribution in [1.82, 2.24) is 4.72 Å². The maximum atomic E-state index is 12.0. The molecule has 0 aromatic heterocycles. The van der Waals surface area contributed by atoms with E-state index in [1.807, 2.05) is 25.1 Å². The number of esters is 1. The van der Waals surface area contributed by atoms with E-state index >= 15 is 0 Å². The van der Waals surface area contributed by atoms with Crippen molar-refractivity contribution in [2.45, 2.75) is 25.2 Å². The van der Waals surface area contributed by atoms with Gasteiger partial charge in [-0.15, -0.1) is 0 Å². The maximum absolute atomic E-state index is 12.0. The number of benzene rings is 2. The number of nitrogens with one attached hydrogen (secondary N) is 2. The van der Waals surface area contributed by atoms with E-state index in [1.165, 1.54) is 24.3 Å². The van der Waals surface area contributed by atoms with Gasteiger partial charge in [0.1, 0.15) is 0 Å². The molecular formula is C19H22N2O5S. The monoisotopic (exact) mass is 390 g/mol. The minimum Gasteiger partial charge on any atom is -0.452 e. The maximum Gasteiger partial charge on any atom is 0.338 e. The van der Waals surface area contributed by atoms with E-state index in [0.29, 0.717) is 5.69 Å². The molecule has 7 nitrogen and oxygen atoms in total. The lowest BCUT2D eigenvalue weighted by molar-refractivity contribution is -0.119. The predicted molar refractivity (Wildman–Crippen MR) is 102 cm³/mol. The Balaban J connectivity index is 1.94. The molecule has 0 bridgehead atoms. The Morgan fingerprint density at radius 1 is 1.00 bits per heavy atom. The Morgan fingerprint density at radius 2 is 1.67 bits per heavy atom. The molecule has 0 aliphatic rings. The molecule has 0 atom stereocenters. The molecule has 0 saturated carbocycles. The summed E-state index contributed by atoms with van der Waals surface area (Å²) in [4.78, 5) is 24.1. The molecule has 144 valence electrons. The molecule has 0 aliphatic carbocycles. The van der Waals surface area contributed by atoms with Crippen molar-refractivity contribution in [3.05, 3.63) is 59.7 Å². The second-order valence-electron chi connectivity index (χ2n) is 5.66. The van der Waals surface area contributed by atoms with Crippen LogP contribution in [-0.2, 0) is 26.0 Å². The van der Waals surface area contributed by atoms with Crippen LogP contribution in [-0.4, -0.2) is 33.4 Å². The van der Waals surface area contributed by atoms with Gasteiger partial charge in [0.2, 0.25) is 10.0 Å². The topological polar surface area (TPSA) is 102 Å². The predicted octanol–water partition coefficient (Wildman–Crippen LogP) is 2.34. The molecule has 2 N–H and O–H groups in total. The van der Waals surface area contributed by atoms with Gasteiger partial charge in [0.15, 0.2) is 6.61 Å². The first-order chi connectivity index (χ1) is 12.9. The van der Waals surface area contributed by atoms with Crippen LogP contribution >= 0.6 is 0 Å². The van der Waals surface area contributed by atoms with Gasteiger partial charge < -0.3 is 10.1 Å². The van der Waals surface area contributed by atoms with Gasteiger partial charge in [-0.25, -0.2) is 17.9 Å². The van der Waals surface area contributed by atoms with Crippen LogP contribution in [0.25, 0.3) is 0 Å². The number of sulfonamides is 1. The summed E-state index contributed by atoms with van der Waals surface area (Å²) in [6.07, 6.45) is 0.762. The van der Waals surface area contributed by atoms with Crippen LogP contribution in [0, 0.1) is 0 Å². The highest BCUT2D eigenvalue weighted by Gasteiger charge is 2.15. The molecule has 0 unspecified atom stereocenters. The number of hydrogen-bond acceptors (Lipinski definition) is 5. The van der Waals surface area contributed by atoms with Gasteiger partial charge in [-0.1, -0.05) is 32.0 Å². The van der Waals surface area contributed by atoms with Crippen molar-refractivity contribution >= 4 is 27.6 Å². The Morgan fingerprint density at radius 3 is 2.30 bits per heavy atom. The number of hydrogen-bond donors (Lipinski definition) is 2. The number of rotatable bonds is 8.